The maximum Gasteiger partial charge on any atom is 0.272 e. The Morgan fingerprint density at radius 2 is 1.64 bits per heavy atom. The Bertz CT molecular complexity index is 1340. The van der Waals surface area contributed by atoms with Gasteiger partial charge < -0.3 is 14.7 Å². The lowest BCUT2D eigenvalue weighted by Gasteiger charge is -2.35. The zero-order chi connectivity index (χ0) is 29.5. The van der Waals surface area contributed by atoms with E-state index in [1.165, 1.54) is 17.7 Å². The number of nitrogens with zero attached hydrogens (tertiary/aromatic N) is 4. The number of likely N-dealkylation sites (tertiary alicyclic amines) is 2. The molecule has 2 aliphatic rings. The van der Waals surface area contributed by atoms with E-state index in [0.717, 1.165) is 51.0 Å². The minimum absolute atomic E-state index is 0.0660. The molecule has 0 unspecified atom stereocenters. The molecule has 2 fully saturated rings. The highest BCUT2D eigenvalue weighted by Gasteiger charge is 2.32. The molecule has 6 nitrogen and oxygen atoms in total. The minimum Gasteiger partial charge on any atom is -0.337 e. The van der Waals surface area contributed by atoms with Crippen LogP contribution >= 0.6 is 23.2 Å². The average molecular weight is 612 g/mol. The molecule has 3 heterocycles. The third-order valence-electron chi connectivity index (χ3n) is 8.50. The number of carbonyl (C=O) groups excluding carboxylic acids is 2. The van der Waals surface area contributed by atoms with Crippen molar-refractivity contribution in [3.63, 3.8) is 0 Å². The number of hydrogen-bond donors (Lipinski definition) is 0. The van der Waals surface area contributed by atoms with Crippen LogP contribution in [0.5, 0.6) is 0 Å². The molecule has 0 atom stereocenters. The van der Waals surface area contributed by atoms with Crippen LogP contribution < -0.4 is 4.90 Å². The Balaban J connectivity index is 1.15. The van der Waals surface area contributed by atoms with Crippen LogP contribution in [0.2, 0.25) is 10.0 Å². The molecule has 2 aromatic carbocycles. The number of amides is 2. The molecular formula is C33H37Cl2FN4O2. The van der Waals surface area contributed by atoms with Crippen LogP contribution in [0.3, 0.4) is 0 Å². The van der Waals surface area contributed by atoms with Gasteiger partial charge in [0.1, 0.15) is 11.5 Å². The molecule has 42 heavy (non-hydrogen) atoms. The summed E-state index contributed by atoms with van der Waals surface area (Å²) >= 11 is 12.5. The highest BCUT2D eigenvalue weighted by molar-refractivity contribution is 6.42. The molecule has 0 N–H and O–H groups in total. The van der Waals surface area contributed by atoms with Crippen molar-refractivity contribution in [2.24, 2.45) is 11.8 Å². The number of piperidine rings is 2. The molecule has 0 spiro atoms. The maximum atomic E-state index is 13.9. The zero-order valence-corrected chi connectivity index (χ0v) is 25.2. The number of aromatic nitrogens is 1. The van der Waals surface area contributed by atoms with E-state index < -0.39 is 0 Å². The standard InChI is InChI=1S/C33H37Cl2FN4O2/c34-29-10-9-28(23-30(29)35)40(32(41)26-13-20-39(21-14-26)33(42)31-4-1-2-15-37-31)17-3-16-38-18-11-25(12-19-38)22-24-5-7-27(36)8-6-24/h1-2,4-10,15,23,25-26H,3,11-14,16-22H2. The topological polar surface area (TPSA) is 56.8 Å². The van der Waals surface area contributed by atoms with Gasteiger partial charge in [0.2, 0.25) is 5.91 Å². The van der Waals surface area contributed by atoms with Gasteiger partial charge in [-0.05, 0) is 112 Å². The van der Waals surface area contributed by atoms with Crippen molar-refractivity contribution in [2.75, 3.05) is 44.2 Å². The van der Waals surface area contributed by atoms with Gasteiger partial charge in [0.05, 0.1) is 10.0 Å². The van der Waals surface area contributed by atoms with Crippen LogP contribution in [-0.4, -0.2) is 65.9 Å². The number of halogens is 3. The quantitative estimate of drug-likeness (QED) is 0.269. The molecule has 2 aliphatic heterocycles. The molecule has 0 saturated carbocycles. The summed E-state index contributed by atoms with van der Waals surface area (Å²) in [6.07, 6.45) is 6.89. The largest absolute Gasteiger partial charge is 0.337 e. The third kappa shape index (κ3) is 7.88. The van der Waals surface area contributed by atoms with Crippen molar-refractivity contribution in [2.45, 2.75) is 38.5 Å². The van der Waals surface area contributed by atoms with Crippen molar-refractivity contribution in [3.05, 3.63) is 94.0 Å². The highest BCUT2D eigenvalue weighted by Crippen LogP contribution is 2.30. The van der Waals surface area contributed by atoms with E-state index in [9.17, 15) is 14.0 Å². The molecule has 0 bridgehead atoms. The number of rotatable bonds is 9. The number of benzene rings is 2. The minimum atomic E-state index is -0.192. The SMILES string of the molecule is O=C(c1ccccn1)N1CCC(C(=O)N(CCCN2CCC(Cc3ccc(F)cc3)CC2)c2ccc(Cl)c(Cl)c2)CC1. The third-order valence-corrected chi connectivity index (χ3v) is 9.24. The second-order valence-corrected chi connectivity index (χ2v) is 12.2. The first-order chi connectivity index (χ1) is 20.4. The Morgan fingerprint density at radius 1 is 0.905 bits per heavy atom. The van der Waals surface area contributed by atoms with E-state index in [0.29, 0.717) is 54.1 Å². The normalized spacial score (nSPS) is 16.9. The van der Waals surface area contributed by atoms with Gasteiger partial charge in [0.25, 0.3) is 5.91 Å². The lowest BCUT2D eigenvalue weighted by Crippen LogP contribution is -2.45. The van der Waals surface area contributed by atoms with Gasteiger partial charge in [0, 0.05) is 37.4 Å². The monoisotopic (exact) mass is 610 g/mol. The summed E-state index contributed by atoms with van der Waals surface area (Å²) in [5.74, 6) is 0.217. The molecule has 3 aromatic rings. The summed E-state index contributed by atoms with van der Waals surface area (Å²) in [7, 11) is 0. The molecule has 0 radical (unpaired) electrons. The van der Waals surface area contributed by atoms with Gasteiger partial charge in [-0.3, -0.25) is 14.6 Å². The predicted molar refractivity (Wildman–Crippen MR) is 166 cm³/mol. The van der Waals surface area contributed by atoms with Crippen molar-refractivity contribution < 1.29 is 14.0 Å². The fourth-order valence-electron chi connectivity index (χ4n) is 6.04. The predicted octanol–water partition coefficient (Wildman–Crippen LogP) is 6.76. The second kappa shape index (κ2) is 14.5. The summed E-state index contributed by atoms with van der Waals surface area (Å²) < 4.78 is 13.2. The Hall–Kier alpha value is -3.00. The Morgan fingerprint density at radius 3 is 2.31 bits per heavy atom. The summed E-state index contributed by atoms with van der Waals surface area (Å²) in [5, 5.41) is 0.878. The summed E-state index contributed by atoms with van der Waals surface area (Å²) in [6.45, 7) is 4.58. The first kappa shape index (κ1) is 30.5. The average Bonchev–Trinajstić information content (AvgIpc) is 3.02. The molecule has 2 amide bonds. The van der Waals surface area contributed by atoms with E-state index in [1.807, 2.05) is 29.2 Å². The van der Waals surface area contributed by atoms with Crippen LogP contribution in [0, 0.1) is 17.7 Å². The van der Waals surface area contributed by atoms with E-state index in [1.54, 1.807) is 35.4 Å². The first-order valence-corrected chi connectivity index (χ1v) is 15.6. The molecule has 5 rings (SSSR count). The maximum absolute atomic E-state index is 13.9. The van der Waals surface area contributed by atoms with Crippen LogP contribution in [-0.2, 0) is 11.2 Å². The van der Waals surface area contributed by atoms with Gasteiger partial charge in [-0.25, -0.2) is 4.39 Å². The smallest absolute Gasteiger partial charge is 0.272 e. The zero-order valence-electron chi connectivity index (χ0n) is 23.7. The summed E-state index contributed by atoms with van der Waals surface area (Å²) in [5.41, 5.74) is 2.37. The number of pyridine rings is 1. The van der Waals surface area contributed by atoms with E-state index in [-0.39, 0.29) is 23.5 Å². The lowest BCUT2D eigenvalue weighted by atomic mass is 9.90. The van der Waals surface area contributed by atoms with Crippen LogP contribution in [0.1, 0.15) is 48.2 Å². The summed E-state index contributed by atoms with van der Waals surface area (Å²) in [6, 6.07) is 17.5. The first-order valence-electron chi connectivity index (χ1n) is 14.8. The Labute approximate surface area is 257 Å². The van der Waals surface area contributed by atoms with Gasteiger partial charge in [-0.1, -0.05) is 41.4 Å². The number of anilines is 1. The van der Waals surface area contributed by atoms with Gasteiger partial charge >= 0.3 is 0 Å². The van der Waals surface area contributed by atoms with Crippen LogP contribution in [0.15, 0.2) is 66.9 Å². The van der Waals surface area contributed by atoms with Crippen LogP contribution in [0.25, 0.3) is 0 Å². The van der Waals surface area contributed by atoms with Crippen LogP contribution in [0.4, 0.5) is 10.1 Å². The van der Waals surface area contributed by atoms with E-state index in [4.69, 9.17) is 23.2 Å². The summed E-state index contributed by atoms with van der Waals surface area (Å²) in [4.78, 5) is 37.0. The second-order valence-electron chi connectivity index (χ2n) is 11.3. The van der Waals surface area contributed by atoms with Gasteiger partial charge in [0.15, 0.2) is 0 Å². The molecular weight excluding hydrogens is 574 g/mol. The van der Waals surface area contributed by atoms with Crippen molar-refractivity contribution in [1.82, 2.24) is 14.8 Å². The van der Waals surface area contributed by atoms with E-state index in [2.05, 4.69) is 9.88 Å². The van der Waals surface area contributed by atoms with E-state index >= 15 is 0 Å². The van der Waals surface area contributed by atoms with Gasteiger partial charge in [-0.2, -0.15) is 0 Å². The number of carbonyl (C=O) groups is 2. The Kier molecular flexibility index (Phi) is 10.5. The van der Waals surface area contributed by atoms with Gasteiger partial charge in [-0.15, -0.1) is 0 Å². The molecule has 1 aromatic heterocycles. The van der Waals surface area contributed by atoms with Crippen molar-refractivity contribution in [3.8, 4) is 0 Å². The lowest BCUT2D eigenvalue weighted by molar-refractivity contribution is -0.123. The molecule has 2 saturated heterocycles. The van der Waals surface area contributed by atoms with Crippen molar-refractivity contribution >= 4 is 40.7 Å². The highest BCUT2D eigenvalue weighted by atomic mass is 35.5. The molecule has 222 valence electrons. The number of hydrogen-bond acceptors (Lipinski definition) is 4. The molecule has 9 heteroatoms. The fourth-order valence-corrected chi connectivity index (χ4v) is 6.33. The molecule has 0 aliphatic carbocycles. The fraction of sp³-hybridized carbons (Fsp3) is 0.424. The van der Waals surface area contributed by atoms with Crippen molar-refractivity contribution in [1.29, 1.82) is 0 Å².